The Morgan fingerprint density at radius 3 is 2.56 bits per heavy atom. The van der Waals surface area contributed by atoms with E-state index in [0.29, 0.717) is 17.9 Å². The van der Waals surface area contributed by atoms with Crippen molar-refractivity contribution >= 4 is 16.9 Å². The maximum atomic E-state index is 11.9. The summed E-state index contributed by atoms with van der Waals surface area (Å²) in [4.78, 5) is 25.2. The van der Waals surface area contributed by atoms with Crippen molar-refractivity contribution in [2.24, 2.45) is 11.7 Å². The summed E-state index contributed by atoms with van der Waals surface area (Å²) in [5.74, 6) is 0.363. The molecule has 2 aromatic rings. The molecule has 0 spiro atoms. The molecule has 2 heterocycles. The molecule has 1 aliphatic heterocycles. The lowest BCUT2D eigenvalue weighted by Gasteiger charge is -2.32. The standard InChI is InChI=1S/C20H26N2O3/c1-13-9-17-16(11-20(24)25-18(17)10-14(13)2)12-22-7-5-15(6-8-22)3-4-19(21)23/h9-11,15H,3-8,12H2,1-2H3,(H2,21,23). The third-order valence-electron chi connectivity index (χ3n) is 5.34. The predicted octanol–water partition coefficient (Wildman–Crippen LogP) is 2.89. The normalized spacial score (nSPS) is 16.4. The number of nitrogens with zero attached hydrogens (tertiary/aromatic N) is 1. The molecule has 0 radical (unpaired) electrons. The van der Waals surface area contributed by atoms with Gasteiger partial charge in [-0.1, -0.05) is 0 Å². The Balaban J connectivity index is 1.72. The smallest absolute Gasteiger partial charge is 0.336 e. The molecule has 0 bridgehead atoms. The molecule has 1 aromatic heterocycles. The molecule has 1 amide bonds. The Bertz CT molecular complexity index is 833. The van der Waals surface area contributed by atoms with E-state index < -0.39 is 0 Å². The Morgan fingerprint density at radius 2 is 1.88 bits per heavy atom. The van der Waals surface area contributed by atoms with E-state index in [4.69, 9.17) is 10.2 Å². The Labute approximate surface area is 147 Å². The summed E-state index contributed by atoms with van der Waals surface area (Å²) in [7, 11) is 0. The first-order valence-corrected chi connectivity index (χ1v) is 8.97. The van der Waals surface area contributed by atoms with E-state index >= 15 is 0 Å². The minimum Gasteiger partial charge on any atom is -0.423 e. The summed E-state index contributed by atoms with van der Waals surface area (Å²) < 4.78 is 5.38. The number of amides is 1. The summed E-state index contributed by atoms with van der Waals surface area (Å²) in [5, 5.41) is 1.03. The van der Waals surface area contributed by atoms with Gasteiger partial charge in [-0.25, -0.2) is 4.79 Å². The van der Waals surface area contributed by atoms with Crippen LogP contribution in [0.1, 0.15) is 42.4 Å². The molecule has 2 N–H and O–H groups in total. The number of carbonyl (C=O) groups excluding carboxylic acids is 1. The fourth-order valence-corrected chi connectivity index (χ4v) is 3.63. The van der Waals surface area contributed by atoms with Crippen LogP contribution in [0.4, 0.5) is 0 Å². The van der Waals surface area contributed by atoms with Gasteiger partial charge in [-0.2, -0.15) is 0 Å². The number of carbonyl (C=O) groups is 1. The largest absolute Gasteiger partial charge is 0.423 e. The van der Waals surface area contributed by atoms with Crippen LogP contribution in [0.25, 0.3) is 11.0 Å². The number of piperidine rings is 1. The molecule has 5 heteroatoms. The maximum absolute atomic E-state index is 11.9. The van der Waals surface area contributed by atoms with Crippen molar-refractivity contribution in [2.75, 3.05) is 13.1 Å². The third-order valence-corrected chi connectivity index (χ3v) is 5.34. The number of likely N-dealkylation sites (tertiary alicyclic amines) is 1. The first-order chi connectivity index (χ1) is 11.9. The first kappa shape index (κ1) is 17.7. The van der Waals surface area contributed by atoms with Crippen LogP contribution in [0, 0.1) is 19.8 Å². The van der Waals surface area contributed by atoms with E-state index in [2.05, 4.69) is 17.9 Å². The molecule has 0 saturated carbocycles. The molecule has 0 unspecified atom stereocenters. The minimum absolute atomic E-state index is 0.212. The van der Waals surface area contributed by atoms with Crippen molar-refractivity contribution in [2.45, 2.75) is 46.1 Å². The van der Waals surface area contributed by atoms with Crippen LogP contribution < -0.4 is 11.4 Å². The first-order valence-electron chi connectivity index (χ1n) is 8.97. The van der Waals surface area contributed by atoms with Crippen molar-refractivity contribution < 1.29 is 9.21 Å². The number of benzene rings is 1. The van der Waals surface area contributed by atoms with Crippen LogP contribution in [-0.4, -0.2) is 23.9 Å². The number of rotatable bonds is 5. The van der Waals surface area contributed by atoms with Crippen LogP contribution in [0.3, 0.4) is 0 Å². The van der Waals surface area contributed by atoms with Crippen LogP contribution in [-0.2, 0) is 11.3 Å². The molecule has 0 atom stereocenters. The molecule has 3 rings (SSSR count). The average Bonchev–Trinajstić information content (AvgIpc) is 2.56. The highest BCUT2D eigenvalue weighted by Gasteiger charge is 2.20. The van der Waals surface area contributed by atoms with Crippen molar-refractivity contribution in [3.63, 3.8) is 0 Å². The number of primary amides is 1. The van der Waals surface area contributed by atoms with Crippen molar-refractivity contribution in [3.8, 4) is 0 Å². The molecule has 5 nitrogen and oxygen atoms in total. The third kappa shape index (κ3) is 4.28. The molecule has 1 fully saturated rings. The van der Waals surface area contributed by atoms with Gasteiger partial charge in [0.1, 0.15) is 5.58 Å². The van der Waals surface area contributed by atoms with Gasteiger partial charge in [-0.3, -0.25) is 9.69 Å². The van der Waals surface area contributed by atoms with Gasteiger partial charge in [0.05, 0.1) is 0 Å². The second kappa shape index (κ2) is 7.40. The van der Waals surface area contributed by atoms with E-state index in [-0.39, 0.29) is 11.5 Å². The monoisotopic (exact) mass is 342 g/mol. The minimum atomic E-state index is -0.290. The quantitative estimate of drug-likeness (QED) is 0.848. The van der Waals surface area contributed by atoms with Gasteiger partial charge in [-0.15, -0.1) is 0 Å². The van der Waals surface area contributed by atoms with Crippen LogP contribution >= 0.6 is 0 Å². The molecule has 1 saturated heterocycles. The van der Waals surface area contributed by atoms with Gasteiger partial charge in [-0.05, 0) is 80.9 Å². The fourth-order valence-electron chi connectivity index (χ4n) is 3.63. The van der Waals surface area contributed by atoms with Gasteiger partial charge in [0.25, 0.3) is 0 Å². The Kier molecular flexibility index (Phi) is 5.23. The zero-order valence-electron chi connectivity index (χ0n) is 15.0. The van der Waals surface area contributed by atoms with Gasteiger partial charge < -0.3 is 10.2 Å². The SMILES string of the molecule is Cc1cc2oc(=O)cc(CN3CCC(CCC(N)=O)CC3)c2cc1C. The van der Waals surface area contributed by atoms with Crippen LogP contribution in [0.2, 0.25) is 0 Å². The number of hydrogen-bond acceptors (Lipinski definition) is 4. The van der Waals surface area contributed by atoms with E-state index in [1.807, 2.05) is 13.0 Å². The molecule has 1 aliphatic rings. The zero-order valence-corrected chi connectivity index (χ0v) is 15.0. The Morgan fingerprint density at radius 1 is 1.20 bits per heavy atom. The average molecular weight is 342 g/mol. The molecule has 134 valence electrons. The molecule has 1 aromatic carbocycles. The lowest BCUT2D eigenvalue weighted by Crippen LogP contribution is -2.33. The lowest BCUT2D eigenvalue weighted by molar-refractivity contribution is -0.118. The van der Waals surface area contributed by atoms with E-state index in [9.17, 15) is 9.59 Å². The van der Waals surface area contributed by atoms with Crippen molar-refractivity contribution in [1.29, 1.82) is 0 Å². The highest BCUT2D eigenvalue weighted by molar-refractivity contribution is 5.81. The highest BCUT2D eigenvalue weighted by Crippen LogP contribution is 2.26. The molecule has 25 heavy (non-hydrogen) atoms. The number of hydrogen-bond donors (Lipinski definition) is 1. The van der Waals surface area contributed by atoms with E-state index in [0.717, 1.165) is 55.4 Å². The molecule has 0 aliphatic carbocycles. The maximum Gasteiger partial charge on any atom is 0.336 e. The van der Waals surface area contributed by atoms with Gasteiger partial charge >= 0.3 is 5.63 Å². The van der Waals surface area contributed by atoms with E-state index in [1.54, 1.807) is 6.07 Å². The molecular formula is C20H26N2O3. The number of nitrogens with two attached hydrogens (primary N) is 1. The summed E-state index contributed by atoms with van der Waals surface area (Å²) >= 11 is 0. The summed E-state index contributed by atoms with van der Waals surface area (Å²) in [6, 6.07) is 5.68. The lowest BCUT2D eigenvalue weighted by atomic mass is 9.91. The van der Waals surface area contributed by atoms with Gasteiger partial charge in [0.2, 0.25) is 5.91 Å². The summed E-state index contributed by atoms with van der Waals surface area (Å²) in [5.41, 5.74) is 8.98. The molecular weight excluding hydrogens is 316 g/mol. The fraction of sp³-hybridized carbons (Fsp3) is 0.500. The highest BCUT2D eigenvalue weighted by atomic mass is 16.4. The zero-order chi connectivity index (χ0) is 18.0. The Hall–Kier alpha value is -2.14. The van der Waals surface area contributed by atoms with Crippen LogP contribution in [0.5, 0.6) is 0 Å². The van der Waals surface area contributed by atoms with Gasteiger partial charge in [0.15, 0.2) is 0 Å². The van der Waals surface area contributed by atoms with Crippen molar-refractivity contribution in [3.05, 3.63) is 45.3 Å². The summed E-state index contributed by atoms with van der Waals surface area (Å²) in [6.45, 7) is 6.82. The van der Waals surface area contributed by atoms with Gasteiger partial charge in [0, 0.05) is 24.4 Å². The van der Waals surface area contributed by atoms with Crippen molar-refractivity contribution in [1.82, 2.24) is 4.90 Å². The topological polar surface area (TPSA) is 76.5 Å². The second-order valence-corrected chi connectivity index (χ2v) is 7.25. The van der Waals surface area contributed by atoms with Crippen LogP contribution in [0.15, 0.2) is 27.4 Å². The summed E-state index contributed by atoms with van der Waals surface area (Å²) in [6.07, 6.45) is 3.52. The number of aryl methyl sites for hydroxylation is 2. The predicted molar refractivity (Wildman–Crippen MR) is 98.4 cm³/mol. The second-order valence-electron chi connectivity index (χ2n) is 7.25. The van der Waals surface area contributed by atoms with E-state index in [1.165, 1.54) is 5.56 Å². The number of fused-ring (bicyclic) bond motifs is 1.